The van der Waals surface area contributed by atoms with E-state index >= 15 is 0 Å². The van der Waals surface area contributed by atoms with Crippen molar-refractivity contribution in [2.75, 3.05) is 14.2 Å². The second kappa shape index (κ2) is 8.91. The molecular formula is C12H18N2O5. The van der Waals surface area contributed by atoms with Crippen LogP contribution in [-0.2, 0) is 23.9 Å². The van der Waals surface area contributed by atoms with Crippen molar-refractivity contribution in [2.24, 2.45) is 5.92 Å². The molecule has 106 valence electrons. The third-order valence-corrected chi connectivity index (χ3v) is 2.41. The Morgan fingerprint density at radius 2 is 1.84 bits per heavy atom. The van der Waals surface area contributed by atoms with E-state index in [0.717, 1.165) is 0 Å². The molecule has 0 aromatic heterocycles. The number of nitrogens with one attached hydrogen (secondary N) is 1. The van der Waals surface area contributed by atoms with Gasteiger partial charge < -0.3 is 14.8 Å². The molecule has 0 spiro atoms. The number of ether oxygens (including phenoxy) is 2. The number of hydrogen-bond donors (Lipinski definition) is 1. The van der Waals surface area contributed by atoms with Gasteiger partial charge in [0, 0.05) is 12.3 Å². The first kappa shape index (κ1) is 16.9. The van der Waals surface area contributed by atoms with Gasteiger partial charge in [0.1, 0.15) is 6.04 Å². The summed E-state index contributed by atoms with van der Waals surface area (Å²) in [6, 6.07) is 1.09. The number of methoxy groups -OCH3 is 2. The number of rotatable bonds is 7. The largest absolute Gasteiger partial charge is 0.469 e. The maximum Gasteiger partial charge on any atom is 0.328 e. The molecule has 0 unspecified atom stereocenters. The minimum Gasteiger partial charge on any atom is -0.469 e. The lowest BCUT2D eigenvalue weighted by Crippen LogP contribution is -2.42. The number of carbonyl (C=O) groups excluding carboxylic acids is 3. The van der Waals surface area contributed by atoms with Gasteiger partial charge in [0.25, 0.3) is 0 Å². The minimum absolute atomic E-state index is 0.0654. The standard InChI is InChI=1S/C12H18N2O5/c1-8(7-13)6-9(12(17)19-3)14-10(15)4-5-11(16)18-2/h8-9H,4-6H2,1-3H3,(H,14,15)/t8-,9-/m0/s1. The van der Waals surface area contributed by atoms with Crippen LogP contribution in [-0.4, -0.2) is 38.1 Å². The molecule has 0 fully saturated rings. The van der Waals surface area contributed by atoms with Crippen LogP contribution >= 0.6 is 0 Å². The molecule has 1 N–H and O–H groups in total. The first-order valence-electron chi connectivity index (χ1n) is 5.78. The summed E-state index contributed by atoms with van der Waals surface area (Å²) in [6.45, 7) is 1.64. The van der Waals surface area contributed by atoms with Gasteiger partial charge in [0.2, 0.25) is 5.91 Å². The highest BCUT2D eigenvalue weighted by Crippen LogP contribution is 2.07. The fourth-order valence-corrected chi connectivity index (χ4v) is 1.35. The van der Waals surface area contributed by atoms with Crippen LogP contribution in [0, 0.1) is 17.2 Å². The lowest BCUT2D eigenvalue weighted by molar-refractivity contribution is -0.145. The van der Waals surface area contributed by atoms with E-state index in [4.69, 9.17) is 5.26 Å². The third-order valence-electron chi connectivity index (χ3n) is 2.41. The molecule has 0 aliphatic carbocycles. The molecule has 1 amide bonds. The van der Waals surface area contributed by atoms with Gasteiger partial charge >= 0.3 is 11.9 Å². The summed E-state index contributed by atoms with van der Waals surface area (Å²) in [5, 5.41) is 11.1. The zero-order valence-electron chi connectivity index (χ0n) is 11.3. The van der Waals surface area contributed by atoms with E-state index in [0.29, 0.717) is 0 Å². The van der Waals surface area contributed by atoms with E-state index in [1.165, 1.54) is 14.2 Å². The fourth-order valence-electron chi connectivity index (χ4n) is 1.35. The van der Waals surface area contributed by atoms with Crippen molar-refractivity contribution in [2.45, 2.75) is 32.2 Å². The molecule has 0 aliphatic rings. The first-order chi connectivity index (χ1) is 8.94. The molecule has 0 saturated carbocycles. The van der Waals surface area contributed by atoms with Crippen LogP contribution in [0.5, 0.6) is 0 Å². The van der Waals surface area contributed by atoms with E-state index in [-0.39, 0.29) is 19.3 Å². The maximum atomic E-state index is 11.6. The Kier molecular flexibility index (Phi) is 7.93. The number of nitrogens with zero attached hydrogens (tertiary/aromatic N) is 1. The average molecular weight is 270 g/mol. The SMILES string of the molecule is COC(=O)CCC(=O)N[C@@H](C[C@H](C)C#N)C(=O)OC. The predicted octanol–water partition coefficient (Wildman–Crippen LogP) is 0.147. The van der Waals surface area contributed by atoms with E-state index in [2.05, 4.69) is 14.8 Å². The van der Waals surface area contributed by atoms with Crippen LogP contribution in [0.2, 0.25) is 0 Å². The van der Waals surface area contributed by atoms with E-state index in [9.17, 15) is 14.4 Å². The van der Waals surface area contributed by atoms with Gasteiger partial charge in [0.05, 0.1) is 26.7 Å². The van der Waals surface area contributed by atoms with Crippen molar-refractivity contribution >= 4 is 17.8 Å². The molecular weight excluding hydrogens is 252 g/mol. The zero-order chi connectivity index (χ0) is 14.8. The van der Waals surface area contributed by atoms with Crippen molar-refractivity contribution in [1.82, 2.24) is 5.32 Å². The molecule has 0 aromatic carbocycles. The lowest BCUT2D eigenvalue weighted by Gasteiger charge is -2.17. The normalized spacial score (nSPS) is 12.7. The number of hydrogen-bond acceptors (Lipinski definition) is 6. The molecule has 0 aliphatic heterocycles. The summed E-state index contributed by atoms with van der Waals surface area (Å²) in [4.78, 5) is 33.9. The van der Waals surface area contributed by atoms with Crippen LogP contribution in [0.3, 0.4) is 0 Å². The summed E-state index contributed by atoms with van der Waals surface area (Å²) >= 11 is 0. The van der Waals surface area contributed by atoms with Crippen LogP contribution in [0.15, 0.2) is 0 Å². The van der Waals surface area contributed by atoms with Gasteiger partial charge in [-0.2, -0.15) is 5.26 Å². The van der Waals surface area contributed by atoms with E-state index < -0.39 is 29.8 Å². The molecule has 0 radical (unpaired) electrons. The average Bonchev–Trinajstić information content (AvgIpc) is 2.42. The van der Waals surface area contributed by atoms with Gasteiger partial charge in [-0.25, -0.2) is 4.79 Å². The van der Waals surface area contributed by atoms with Gasteiger partial charge in [-0.3, -0.25) is 9.59 Å². The third kappa shape index (κ3) is 7.03. The Bertz CT molecular complexity index is 375. The second-order valence-corrected chi connectivity index (χ2v) is 3.99. The Morgan fingerprint density at radius 1 is 1.21 bits per heavy atom. The number of nitriles is 1. The van der Waals surface area contributed by atoms with Gasteiger partial charge in [0.15, 0.2) is 0 Å². The van der Waals surface area contributed by atoms with Gasteiger partial charge in [-0.15, -0.1) is 0 Å². The molecule has 19 heavy (non-hydrogen) atoms. The second-order valence-electron chi connectivity index (χ2n) is 3.99. The van der Waals surface area contributed by atoms with Crippen molar-refractivity contribution in [3.63, 3.8) is 0 Å². The smallest absolute Gasteiger partial charge is 0.328 e. The van der Waals surface area contributed by atoms with E-state index in [1.54, 1.807) is 6.92 Å². The highest BCUT2D eigenvalue weighted by molar-refractivity contribution is 5.86. The maximum absolute atomic E-state index is 11.6. The molecule has 2 atom stereocenters. The van der Waals surface area contributed by atoms with Crippen molar-refractivity contribution in [3.8, 4) is 6.07 Å². The van der Waals surface area contributed by atoms with Gasteiger partial charge in [-0.05, 0) is 13.3 Å². The van der Waals surface area contributed by atoms with Gasteiger partial charge in [-0.1, -0.05) is 0 Å². The van der Waals surface area contributed by atoms with Crippen molar-refractivity contribution in [1.29, 1.82) is 5.26 Å². The molecule has 0 aromatic rings. The lowest BCUT2D eigenvalue weighted by atomic mass is 10.0. The number of esters is 2. The Hall–Kier alpha value is -2.10. The van der Waals surface area contributed by atoms with Crippen LogP contribution in [0.25, 0.3) is 0 Å². The van der Waals surface area contributed by atoms with E-state index in [1.807, 2.05) is 6.07 Å². The minimum atomic E-state index is -0.884. The Morgan fingerprint density at radius 3 is 2.32 bits per heavy atom. The predicted molar refractivity (Wildman–Crippen MR) is 64.6 cm³/mol. The van der Waals surface area contributed by atoms with Crippen LogP contribution in [0.1, 0.15) is 26.2 Å². The molecule has 7 nitrogen and oxygen atoms in total. The molecule has 0 rings (SSSR count). The highest BCUT2D eigenvalue weighted by Gasteiger charge is 2.23. The summed E-state index contributed by atoms with van der Waals surface area (Å²) in [7, 11) is 2.43. The topological polar surface area (TPSA) is 105 Å². The Labute approximate surface area is 111 Å². The molecule has 0 saturated heterocycles. The van der Waals surface area contributed by atoms with Crippen molar-refractivity contribution in [3.05, 3.63) is 0 Å². The first-order valence-corrected chi connectivity index (χ1v) is 5.78. The number of amides is 1. The molecule has 7 heteroatoms. The van der Waals surface area contributed by atoms with Crippen molar-refractivity contribution < 1.29 is 23.9 Å². The van der Waals surface area contributed by atoms with Crippen LogP contribution in [0.4, 0.5) is 0 Å². The summed E-state index contributed by atoms with van der Waals surface area (Å²) in [6.07, 6.45) is 0.0122. The Balaban J connectivity index is 4.39. The summed E-state index contributed by atoms with van der Waals surface area (Å²) in [5.41, 5.74) is 0. The summed E-state index contributed by atoms with van der Waals surface area (Å²) in [5.74, 6) is -1.99. The zero-order valence-corrected chi connectivity index (χ0v) is 11.3. The molecule has 0 bridgehead atoms. The number of carbonyl (C=O) groups is 3. The fraction of sp³-hybridized carbons (Fsp3) is 0.667. The van der Waals surface area contributed by atoms with Crippen LogP contribution < -0.4 is 5.32 Å². The quantitative estimate of drug-likeness (QED) is 0.660. The monoisotopic (exact) mass is 270 g/mol. The molecule has 0 heterocycles. The highest BCUT2D eigenvalue weighted by atomic mass is 16.5. The summed E-state index contributed by atoms with van der Waals surface area (Å²) < 4.78 is 8.95.